The number of benzene rings is 1. The number of rotatable bonds is 6. The van der Waals surface area contributed by atoms with Gasteiger partial charge in [-0.1, -0.05) is 57.2 Å². The molecule has 0 aliphatic heterocycles. The summed E-state index contributed by atoms with van der Waals surface area (Å²) >= 11 is 1.84. The molecule has 0 aliphatic carbocycles. The maximum absolute atomic E-state index is 3.72. The van der Waals surface area contributed by atoms with Crippen LogP contribution < -0.4 is 5.32 Å². The molecule has 2 heteroatoms. The van der Waals surface area contributed by atoms with E-state index in [-0.39, 0.29) is 5.41 Å². The lowest BCUT2D eigenvalue weighted by atomic mass is 9.77. The van der Waals surface area contributed by atoms with Crippen LogP contribution in [0.4, 0.5) is 0 Å². The summed E-state index contributed by atoms with van der Waals surface area (Å²) < 4.78 is 0. The quantitative estimate of drug-likeness (QED) is 0.799. The second-order valence-corrected chi connectivity index (χ2v) is 6.47. The van der Waals surface area contributed by atoms with Gasteiger partial charge >= 0.3 is 0 Å². The van der Waals surface area contributed by atoms with Gasteiger partial charge in [0.2, 0.25) is 0 Å². The highest BCUT2D eigenvalue weighted by molar-refractivity contribution is 7.10. The van der Waals surface area contributed by atoms with Gasteiger partial charge < -0.3 is 5.32 Å². The Hall–Kier alpha value is -1.12. The smallest absolute Gasteiger partial charge is 0.0507 e. The van der Waals surface area contributed by atoms with Crippen LogP contribution >= 0.6 is 11.3 Å². The minimum Gasteiger partial charge on any atom is -0.309 e. The maximum Gasteiger partial charge on any atom is 0.0507 e. The Morgan fingerprint density at radius 3 is 2.42 bits per heavy atom. The summed E-state index contributed by atoms with van der Waals surface area (Å²) in [5.74, 6) is 0. The second kappa shape index (κ2) is 6.36. The summed E-state index contributed by atoms with van der Waals surface area (Å²) in [5, 5.41) is 5.88. The molecule has 0 saturated heterocycles. The van der Waals surface area contributed by atoms with Gasteiger partial charge in [0, 0.05) is 10.3 Å². The Balaban J connectivity index is 2.31. The van der Waals surface area contributed by atoms with Crippen LogP contribution in [-0.4, -0.2) is 6.54 Å². The molecular formula is C17H23NS. The Morgan fingerprint density at radius 1 is 1.11 bits per heavy atom. The van der Waals surface area contributed by atoms with Crippen LogP contribution in [0.2, 0.25) is 0 Å². The van der Waals surface area contributed by atoms with E-state index in [4.69, 9.17) is 0 Å². The summed E-state index contributed by atoms with van der Waals surface area (Å²) in [6, 6.07) is 15.5. The van der Waals surface area contributed by atoms with Gasteiger partial charge in [-0.15, -0.1) is 11.3 Å². The Labute approximate surface area is 120 Å². The SMILES string of the molecule is CCCNC(c1cccs1)C(C)(C)c1ccccc1. The predicted molar refractivity (Wildman–Crippen MR) is 84.8 cm³/mol. The molecule has 1 unspecified atom stereocenters. The molecule has 1 N–H and O–H groups in total. The van der Waals surface area contributed by atoms with Crippen LogP contribution in [0, 0.1) is 0 Å². The first-order valence-corrected chi connectivity index (χ1v) is 7.86. The van der Waals surface area contributed by atoms with Crippen LogP contribution in [0.1, 0.15) is 43.7 Å². The van der Waals surface area contributed by atoms with Crippen LogP contribution in [0.15, 0.2) is 47.8 Å². The normalized spacial score (nSPS) is 13.4. The standard InChI is InChI=1S/C17H23NS/c1-4-12-18-16(15-11-8-13-19-15)17(2,3)14-9-6-5-7-10-14/h5-11,13,16,18H,4,12H2,1-3H3. The van der Waals surface area contributed by atoms with Crippen LogP contribution in [-0.2, 0) is 5.41 Å². The molecule has 0 spiro atoms. The lowest BCUT2D eigenvalue weighted by Gasteiger charge is -2.35. The predicted octanol–water partition coefficient (Wildman–Crippen LogP) is 4.77. The van der Waals surface area contributed by atoms with E-state index in [1.54, 1.807) is 0 Å². The zero-order chi connectivity index (χ0) is 13.7. The van der Waals surface area contributed by atoms with Gasteiger partial charge in [-0.25, -0.2) is 0 Å². The minimum absolute atomic E-state index is 0.0846. The van der Waals surface area contributed by atoms with Crippen molar-refractivity contribution in [3.63, 3.8) is 0 Å². The van der Waals surface area contributed by atoms with Crippen LogP contribution in [0.25, 0.3) is 0 Å². The third kappa shape index (κ3) is 3.26. The molecular weight excluding hydrogens is 250 g/mol. The monoisotopic (exact) mass is 273 g/mol. The molecule has 1 atom stereocenters. The van der Waals surface area contributed by atoms with E-state index in [1.165, 1.54) is 10.4 Å². The molecule has 1 nitrogen and oxygen atoms in total. The third-order valence-electron chi connectivity index (χ3n) is 3.67. The molecule has 1 aromatic heterocycles. The Kier molecular flexibility index (Phi) is 4.78. The largest absolute Gasteiger partial charge is 0.309 e. The van der Waals surface area contributed by atoms with Gasteiger partial charge in [-0.2, -0.15) is 0 Å². The zero-order valence-corrected chi connectivity index (χ0v) is 12.8. The maximum atomic E-state index is 3.72. The second-order valence-electron chi connectivity index (χ2n) is 5.49. The molecule has 0 amide bonds. The molecule has 0 radical (unpaired) electrons. The average molecular weight is 273 g/mol. The fraction of sp³-hybridized carbons (Fsp3) is 0.412. The number of hydrogen-bond acceptors (Lipinski definition) is 2. The van der Waals surface area contributed by atoms with E-state index in [1.807, 2.05) is 11.3 Å². The van der Waals surface area contributed by atoms with E-state index in [9.17, 15) is 0 Å². The molecule has 0 saturated carbocycles. The molecule has 102 valence electrons. The van der Waals surface area contributed by atoms with Crippen molar-refractivity contribution in [2.24, 2.45) is 0 Å². The topological polar surface area (TPSA) is 12.0 Å². The van der Waals surface area contributed by atoms with E-state index in [2.05, 4.69) is 73.9 Å². The van der Waals surface area contributed by atoms with Gasteiger partial charge in [0.1, 0.15) is 0 Å². The molecule has 0 aliphatic rings. The fourth-order valence-electron chi connectivity index (χ4n) is 2.49. The minimum atomic E-state index is 0.0846. The summed E-state index contributed by atoms with van der Waals surface area (Å²) in [7, 11) is 0. The van der Waals surface area contributed by atoms with E-state index in [0.717, 1.165) is 13.0 Å². The lowest BCUT2D eigenvalue weighted by molar-refractivity contribution is 0.353. The molecule has 0 fully saturated rings. The molecule has 2 rings (SSSR count). The molecule has 0 bridgehead atoms. The number of hydrogen-bond donors (Lipinski definition) is 1. The highest BCUT2D eigenvalue weighted by Crippen LogP contribution is 2.38. The lowest BCUT2D eigenvalue weighted by Crippen LogP contribution is -2.37. The first kappa shape index (κ1) is 14.3. The van der Waals surface area contributed by atoms with E-state index in [0.29, 0.717) is 6.04 Å². The van der Waals surface area contributed by atoms with Crippen LogP contribution in [0.5, 0.6) is 0 Å². The molecule has 2 aromatic rings. The molecule has 1 heterocycles. The van der Waals surface area contributed by atoms with E-state index >= 15 is 0 Å². The van der Waals surface area contributed by atoms with Crippen molar-refractivity contribution in [1.82, 2.24) is 5.32 Å². The summed E-state index contributed by atoms with van der Waals surface area (Å²) in [4.78, 5) is 1.42. The number of nitrogens with one attached hydrogen (secondary N) is 1. The summed E-state index contributed by atoms with van der Waals surface area (Å²) in [5.41, 5.74) is 1.47. The highest BCUT2D eigenvalue weighted by atomic mass is 32.1. The van der Waals surface area contributed by atoms with Gasteiger partial charge in [0.05, 0.1) is 6.04 Å². The van der Waals surface area contributed by atoms with Crippen LogP contribution in [0.3, 0.4) is 0 Å². The van der Waals surface area contributed by atoms with Gasteiger partial charge in [0.25, 0.3) is 0 Å². The molecule has 1 aromatic carbocycles. The van der Waals surface area contributed by atoms with Crippen molar-refractivity contribution in [1.29, 1.82) is 0 Å². The summed E-state index contributed by atoms with van der Waals surface area (Å²) in [6.45, 7) is 7.93. The van der Waals surface area contributed by atoms with Crippen molar-refractivity contribution >= 4 is 11.3 Å². The average Bonchev–Trinajstić information content (AvgIpc) is 2.94. The van der Waals surface area contributed by atoms with Crippen molar-refractivity contribution in [3.05, 3.63) is 58.3 Å². The first-order valence-electron chi connectivity index (χ1n) is 6.98. The van der Waals surface area contributed by atoms with Crippen molar-refractivity contribution in [2.45, 2.75) is 38.6 Å². The summed E-state index contributed by atoms with van der Waals surface area (Å²) in [6.07, 6.45) is 1.16. The van der Waals surface area contributed by atoms with Crippen molar-refractivity contribution in [3.8, 4) is 0 Å². The third-order valence-corrected chi connectivity index (χ3v) is 4.60. The zero-order valence-electron chi connectivity index (χ0n) is 12.0. The van der Waals surface area contributed by atoms with E-state index < -0.39 is 0 Å². The number of thiophene rings is 1. The Morgan fingerprint density at radius 2 is 1.84 bits per heavy atom. The fourth-order valence-corrected chi connectivity index (χ4v) is 3.48. The highest BCUT2D eigenvalue weighted by Gasteiger charge is 2.32. The van der Waals surface area contributed by atoms with Crippen molar-refractivity contribution in [2.75, 3.05) is 6.54 Å². The van der Waals surface area contributed by atoms with Gasteiger partial charge in [-0.05, 0) is 30.0 Å². The first-order chi connectivity index (χ1) is 9.16. The van der Waals surface area contributed by atoms with Gasteiger partial charge in [-0.3, -0.25) is 0 Å². The molecule has 19 heavy (non-hydrogen) atoms. The van der Waals surface area contributed by atoms with Gasteiger partial charge in [0.15, 0.2) is 0 Å². The van der Waals surface area contributed by atoms with Crippen molar-refractivity contribution < 1.29 is 0 Å². The Bertz CT molecular complexity index is 473.